The lowest BCUT2D eigenvalue weighted by molar-refractivity contribution is -0.123. The van der Waals surface area contributed by atoms with Crippen LogP contribution in [0, 0.1) is 0 Å². The van der Waals surface area contributed by atoms with Crippen molar-refractivity contribution in [2.75, 3.05) is 12.4 Å². The molecule has 0 bridgehead atoms. The molecule has 3 atom stereocenters. The monoisotopic (exact) mass is 458 g/mol. The molecule has 7 N–H and O–H groups in total. The zero-order valence-corrected chi connectivity index (χ0v) is 18.2. The van der Waals surface area contributed by atoms with Crippen molar-refractivity contribution in [2.45, 2.75) is 31.0 Å². The fourth-order valence-electron chi connectivity index (χ4n) is 3.44. The van der Waals surface area contributed by atoms with Crippen molar-refractivity contribution in [3.05, 3.63) is 59.2 Å². The second kappa shape index (κ2) is 10.4. The number of nitrogens with one attached hydrogen (secondary N) is 2. The van der Waals surface area contributed by atoms with Crippen molar-refractivity contribution in [3.63, 3.8) is 0 Å². The molecule has 10 heteroatoms. The first-order chi connectivity index (χ1) is 15.3. The van der Waals surface area contributed by atoms with Gasteiger partial charge >= 0.3 is 0 Å². The van der Waals surface area contributed by atoms with Crippen LogP contribution in [-0.2, 0) is 16.0 Å². The summed E-state index contributed by atoms with van der Waals surface area (Å²) in [6, 6.07) is 9.23. The first kappa shape index (κ1) is 23.4. The quantitative estimate of drug-likeness (QED) is 0.315. The largest absolute Gasteiger partial charge is 0.508 e. The van der Waals surface area contributed by atoms with E-state index >= 15 is 0 Å². The number of hydrogen-bond donors (Lipinski definition) is 6. The molecule has 3 rings (SSSR count). The third-order valence-electron chi connectivity index (χ3n) is 5.19. The van der Waals surface area contributed by atoms with Gasteiger partial charge in [0.15, 0.2) is 0 Å². The topological polar surface area (TPSA) is 157 Å². The lowest BCUT2D eigenvalue weighted by Crippen LogP contribution is -2.46. The summed E-state index contributed by atoms with van der Waals surface area (Å²) in [7, 11) is 0. The molecule has 3 amide bonds. The molecule has 2 unspecified atom stereocenters. The summed E-state index contributed by atoms with van der Waals surface area (Å²) in [4.78, 5) is 37.2. The average molecular weight is 459 g/mol. The highest BCUT2D eigenvalue weighted by molar-refractivity contribution is 7.80. The minimum absolute atomic E-state index is 0.0958. The number of phenolic OH excluding ortho intramolecular Hbond substituents is 1. The number of carbonyl (C=O) groups excluding carboxylic acids is 3. The number of ether oxygens (including phenoxy) is 1. The first-order valence-electron chi connectivity index (χ1n) is 10.1. The van der Waals surface area contributed by atoms with E-state index in [9.17, 15) is 19.5 Å². The Balaban J connectivity index is 1.79. The number of benzene rings is 2. The Hall–Kier alpha value is -3.24. The van der Waals surface area contributed by atoms with E-state index in [-0.39, 0.29) is 35.4 Å². The van der Waals surface area contributed by atoms with E-state index in [1.54, 1.807) is 30.3 Å². The van der Waals surface area contributed by atoms with E-state index in [0.29, 0.717) is 24.3 Å². The molecule has 0 saturated heterocycles. The molecular weight excluding hydrogens is 432 g/mol. The maximum absolute atomic E-state index is 13.0. The smallest absolute Gasteiger partial charge is 0.255 e. The summed E-state index contributed by atoms with van der Waals surface area (Å²) in [5.41, 5.74) is 12.8. The highest BCUT2D eigenvalue weighted by Crippen LogP contribution is 2.35. The molecule has 1 aliphatic rings. The number of hydrogen-bond acceptors (Lipinski definition) is 7. The van der Waals surface area contributed by atoms with E-state index in [0.717, 1.165) is 5.56 Å². The number of primary amides is 1. The summed E-state index contributed by atoms with van der Waals surface area (Å²) >= 11 is 4.05. The van der Waals surface area contributed by atoms with Gasteiger partial charge in [0.25, 0.3) is 5.91 Å². The van der Waals surface area contributed by atoms with Gasteiger partial charge < -0.3 is 31.9 Å². The third-order valence-corrected chi connectivity index (χ3v) is 5.59. The van der Waals surface area contributed by atoms with Crippen LogP contribution in [0.1, 0.15) is 33.9 Å². The predicted molar refractivity (Wildman–Crippen MR) is 122 cm³/mol. The minimum atomic E-state index is -0.963. The molecule has 0 aromatic heterocycles. The molecule has 0 fully saturated rings. The molecule has 0 radical (unpaired) electrons. The molecule has 1 aliphatic heterocycles. The predicted octanol–water partition coefficient (Wildman–Crippen LogP) is 0.415. The maximum atomic E-state index is 13.0. The molecule has 2 aromatic rings. The molecule has 9 nitrogen and oxygen atoms in total. The van der Waals surface area contributed by atoms with E-state index in [1.807, 2.05) is 0 Å². The van der Waals surface area contributed by atoms with Crippen LogP contribution in [0.3, 0.4) is 0 Å². The molecule has 0 spiro atoms. The van der Waals surface area contributed by atoms with Crippen LogP contribution in [0.2, 0.25) is 0 Å². The standard InChI is InChI=1S/C22H26N4O5S/c23-16(11-32)22(30)25-17-8-9-31-19-14(17)2-1-3-15(19)21(29)26-18(20(24)28)10-12-4-6-13(27)7-5-12/h1-7,16-18,27,32H,8-11,23H2,(H2,24,28)(H,25,30)(H,26,29)/t16?,17?,18-/m0/s1. The van der Waals surface area contributed by atoms with Gasteiger partial charge in [0, 0.05) is 24.2 Å². The molecule has 0 saturated carbocycles. The fraction of sp³-hybridized carbons (Fsp3) is 0.318. The molecule has 0 aliphatic carbocycles. The Bertz CT molecular complexity index is 998. The van der Waals surface area contributed by atoms with Crippen molar-refractivity contribution >= 4 is 30.4 Å². The fourth-order valence-corrected chi connectivity index (χ4v) is 3.61. The van der Waals surface area contributed by atoms with Crippen LogP contribution >= 0.6 is 12.6 Å². The van der Waals surface area contributed by atoms with Gasteiger partial charge in [-0.1, -0.05) is 24.3 Å². The Morgan fingerprint density at radius 3 is 2.56 bits per heavy atom. The number of thiol groups is 1. The summed E-state index contributed by atoms with van der Waals surface area (Å²) < 4.78 is 5.75. The van der Waals surface area contributed by atoms with Crippen molar-refractivity contribution in [1.82, 2.24) is 10.6 Å². The Morgan fingerprint density at radius 2 is 1.91 bits per heavy atom. The number of carbonyl (C=O) groups is 3. The average Bonchev–Trinajstić information content (AvgIpc) is 2.79. The normalized spacial score (nSPS) is 16.8. The molecule has 1 heterocycles. The molecular formula is C22H26N4O5S. The van der Waals surface area contributed by atoms with Gasteiger partial charge in [0.2, 0.25) is 11.8 Å². The number of nitrogens with two attached hydrogens (primary N) is 2. The van der Waals surface area contributed by atoms with Gasteiger partial charge in [-0.25, -0.2) is 0 Å². The summed E-state index contributed by atoms with van der Waals surface area (Å²) in [5, 5.41) is 14.9. The van der Waals surface area contributed by atoms with Crippen LogP contribution < -0.4 is 26.8 Å². The lowest BCUT2D eigenvalue weighted by Gasteiger charge is -2.29. The van der Waals surface area contributed by atoms with Crippen molar-refractivity contribution in [1.29, 1.82) is 0 Å². The molecule has 2 aromatic carbocycles. The van der Waals surface area contributed by atoms with Crippen LogP contribution in [0.25, 0.3) is 0 Å². The van der Waals surface area contributed by atoms with E-state index < -0.39 is 23.9 Å². The number of aromatic hydroxyl groups is 1. The van der Waals surface area contributed by atoms with Gasteiger partial charge in [-0.05, 0) is 23.8 Å². The van der Waals surface area contributed by atoms with Crippen LogP contribution in [0.5, 0.6) is 11.5 Å². The molecule has 32 heavy (non-hydrogen) atoms. The minimum Gasteiger partial charge on any atom is -0.508 e. The number of fused-ring (bicyclic) bond motifs is 1. The SMILES string of the molecule is NC(=O)[C@H](Cc1ccc(O)cc1)NC(=O)c1cccc2c1OCCC2NC(=O)C(N)CS. The lowest BCUT2D eigenvalue weighted by atomic mass is 9.96. The van der Waals surface area contributed by atoms with Crippen LogP contribution in [0.4, 0.5) is 0 Å². The van der Waals surface area contributed by atoms with Gasteiger partial charge in [0.05, 0.1) is 24.3 Å². The van der Waals surface area contributed by atoms with E-state index in [1.165, 1.54) is 12.1 Å². The van der Waals surface area contributed by atoms with Gasteiger partial charge in [-0.15, -0.1) is 0 Å². The second-order valence-electron chi connectivity index (χ2n) is 7.51. The van der Waals surface area contributed by atoms with Crippen LogP contribution in [-0.4, -0.2) is 47.3 Å². The zero-order chi connectivity index (χ0) is 23.3. The first-order valence-corrected chi connectivity index (χ1v) is 10.7. The number of para-hydroxylation sites is 1. The summed E-state index contributed by atoms with van der Waals surface area (Å²) in [5.74, 6) is -0.908. The van der Waals surface area contributed by atoms with E-state index in [2.05, 4.69) is 23.3 Å². The number of phenols is 1. The van der Waals surface area contributed by atoms with Gasteiger partial charge in [-0.2, -0.15) is 12.6 Å². The van der Waals surface area contributed by atoms with Crippen molar-refractivity contribution in [2.24, 2.45) is 11.5 Å². The summed E-state index contributed by atoms with van der Waals surface area (Å²) in [6.07, 6.45) is 0.686. The maximum Gasteiger partial charge on any atom is 0.255 e. The molecule has 170 valence electrons. The number of amides is 3. The number of rotatable bonds is 8. The Morgan fingerprint density at radius 1 is 1.19 bits per heavy atom. The van der Waals surface area contributed by atoms with Crippen LogP contribution in [0.15, 0.2) is 42.5 Å². The highest BCUT2D eigenvalue weighted by atomic mass is 32.1. The van der Waals surface area contributed by atoms with Crippen molar-refractivity contribution in [3.8, 4) is 11.5 Å². The zero-order valence-electron chi connectivity index (χ0n) is 17.3. The van der Waals surface area contributed by atoms with Gasteiger partial charge in [0.1, 0.15) is 17.5 Å². The highest BCUT2D eigenvalue weighted by Gasteiger charge is 2.29. The van der Waals surface area contributed by atoms with Gasteiger partial charge in [-0.3, -0.25) is 14.4 Å². The Labute approximate surface area is 190 Å². The Kier molecular flexibility index (Phi) is 7.60. The summed E-state index contributed by atoms with van der Waals surface area (Å²) in [6.45, 7) is 0.297. The van der Waals surface area contributed by atoms with Crippen molar-refractivity contribution < 1.29 is 24.2 Å². The third kappa shape index (κ3) is 5.51. The second-order valence-corrected chi connectivity index (χ2v) is 7.88. The van der Waals surface area contributed by atoms with E-state index in [4.69, 9.17) is 16.2 Å².